The predicted octanol–water partition coefficient (Wildman–Crippen LogP) is 3.42. The molecule has 0 radical (unpaired) electrons. The first-order valence-electron chi connectivity index (χ1n) is 5.76. The summed E-state index contributed by atoms with van der Waals surface area (Å²) < 4.78 is 1.21. The van der Waals surface area contributed by atoms with E-state index in [-0.39, 0.29) is 12.6 Å². The van der Waals surface area contributed by atoms with Crippen molar-refractivity contribution in [1.29, 1.82) is 0 Å². The Morgan fingerprint density at radius 2 is 2.18 bits per heavy atom. The van der Waals surface area contributed by atoms with E-state index in [9.17, 15) is 0 Å². The zero-order chi connectivity index (χ0) is 12.3. The van der Waals surface area contributed by atoms with Crippen LogP contribution in [-0.2, 0) is 6.54 Å². The average Bonchev–Trinajstić information content (AvgIpc) is 2.68. The van der Waals surface area contributed by atoms with Gasteiger partial charge in [-0.15, -0.1) is 11.3 Å². The van der Waals surface area contributed by atoms with E-state index in [1.807, 2.05) is 18.2 Å². The Morgan fingerprint density at radius 3 is 2.82 bits per heavy atom. The molecule has 2 rings (SSSR count). The van der Waals surface area contributed by atoms with Crippen molar-refractivity contribution in [1.82, 2.24) is 5.32 Å². The Kier molecular flexibility index (Phi) is 4.40. The lowest BCUT2D eigenvalue weighted by molar-refractivity contribution is 0.238. The van der Waals surface area contributed by atoms with Crippen LogP contribution < -0.4 is 5.32 Å². The number of benzene rings is 1. The second-order valence-corrected chi connectivity index (χ2v) is 5.52. The fourth-order valence-electron chi connectivity index (χ4n) is 1.75. The molecule has 17 heavy (non-hydrogen) atoms. The van der Waals surface area contributed by atoms with Gasteiger partial charge in [-0.25, -0.2) is 0 Å². The lowest BCUT2D eigenvalue weighted by Gasteiger charge is -2.12. The summed E-state index contributed by atoms with van der Waals surface area (Å²) in [5.74, 6) is 0. The van der Waals surface area contributed by atoms with Crippen molar-refractivity contribution in [3.05, 3.63) is 34.2 Å². The van der Waals surface area contributed by atoms with Crippen molar-refractivity contribution in [3.8, 4) is 0 Å². The Labute approximate surface area is 110 Å². The third kappa shape index (κ3) is 2.80. The molecule has 1 unspecified atom stereocenters. The molecule has 0 fully saturated rings. The number of hydrogen-bond donors (Lipinski definition) is 2. The highest BCUT2D eigenvalue weighted by Gasteiger charge is 2.11. The van der Waals surface area contributed by atoms with Crippen LogP contribution in [-0.4, -0.2) is 17.8 Å². The normalized spacial score (nSPS) is 13.1. The molecule has 0 amide bonds. The molecule has 0 bridgehead atoms. The Morgan fingerprint density at radius 1 is 1.41 bits per heavy atom. The summed E-state index contributed by atoms with van der Waals surface area (Å²) in [6.07, 6.45) is 0.916. The standard InChI is InChI=1S/C13H16ClNOS/c1-2-9(8-16)15-7-12-13(14)10-5-3-4-6-11(10)17-12/h3-6,9,15-16H,2,7-8H2,1H3. The van der Waals surface area contributed by atoms with Gasteiger partial charge in [-0.2, -0.15) is 0 Å². The topological polar surface area (TPSA) is 32.3 Å². The van der Waals surface area contributed by atoms with Crippen LogP contribution in [0.15, 0.2) is 24.3 Å². The molecule has 2 N–H and O–H groups in total. The molecule has 1 heterocycles. The summed E-state index contributed by atoms with van der Waals surface area (Å²) in [7, 11) is 0. The molecule has 2 nitrogen and oxygen atoms in total. The molecule has 1 aromatic carbocycles. The molecular weight excluding hydrogens is 254 g/mol. The molecule has 0 aliphatic heterocycles. The summed E-state index contributed by atoms with van der Waals surface area (Å²) >= 11 is 8.05. The minimum Gasteiger partial charge on any atom is -0.395 e. The number of aliphatic hydroxyl groups is 1. The van der Waals surface area contributed by atoms with Crippen LogP contribution in [0.25, 0.3) is 10.1 Å². The molecule has 1 atom stereocenters. The van der Waals surface area contributed by atoms with E-state index in [4.69, 9.17) is 16.7 Å². The highest BCUT2D eigenvalue weighted by Crippen LogP contribution is 2.34. The van der Waals surface area contributed by atoms with Gasteiger partial charge in [0.25, 0.3) is 0 Å². The minimum atomic E-state index is 0.149. The van der Waals surface area contributed by atoms with E-state index in [1.165, 1.54) is 4.70 Å². The zero-order valence-electron chi connectivity index (χ0n) is 9.74. The third-order valence-electron chi connectivity index (χ3n) is 2.87. The van der Waals surface area contributed by atoms with Crippen LogP contribution in [0.2, 0.25) is 5.02 Å². The summed E-state index contributed by atoms with van der Waals surface area (Å²) in [6.45, 7) is 2.94. The smallest absolute Gasteiger partial charge is 0.0636 e. The first-order chi connectivity index (χ1) is 8.26. The van der Waals surface area contributed by atoms with Gasteiger partial charge in [0.15, 0.2) is 0 Å². The van der Waals surface area contributed by atoms with Crippen molar-refractivity contribution >= 4 is 33.0 Å². The second-order valence-electron chi connectivity index (χ2n) is 4.00. The lowest BCUT2D eigenvalue weighted by atomic mass is 10.2. The van der Waals surface area contributed by atoms with E-state index in [2.05, 4.69) is 18.3 Å². The van der Waals surface area contributed by atoms with Gasteiger partial charge in [-0.05, 0) is 12.5 Å². The number of nitrogens with one attached hydrogen (secondary N) is 1. The summed E-state index contributed by atoms with van der Waals surface area (Å²) in [5.41, 5.74) is 0. The van der Waals surface area contributed by atoms with Gasteiger partial charge < -0.3 is 10.4 Å². The van der Waals surface area contributed by atoms with Gasteiger partial charge in [0.1, 0.15) is 0 Å². The fraction of sp³-hybridized carbons (Fsp3) is 0.385. The van der Waals surface area contributed by atoms with Crippen molar-refractivity contribution in [2.75, 3.05) is 6.61 Å². The number of hydrogen-bond acceptors (Lipinski definition) is 3. The van der Waals surface area contributed by atoms with E-state index in [1.54, 1.807) is 11.3 Å². The van der Waals surface area contributed by atoms with Gasteiger partial charge in [0.05, 0.1) is 11.6 Å². The zero-order valence-corrected chi connectivity index (χ0v) is 11.3. The first-order valence-corrected chi connectivity index (χ1v) is 6.95. The highest BCUT2D eigenvalue weighted by molar-refractivity contribution is 7.19. The van der Waals surface area contributed by atoms with Crippen molar-refractivity contribution in [2.45, 2.75) is 25.9 Å². The van der Waals surface area contributed by atoms with Crippen LogP contribution in [0.1, 0.15) is 18.2 Å². The van der Waals surface area contributed by atoms with Gasteiger partial charge in [0.2, 0.25) is 0 Å². The Bertz CT molecular complexity index is 493. The van der Waals surface area contributed by atoms with Crippen LogP contribution in [0.3, 0.4) is 0 Å². The SMILES string of the molecule is CCC(CO)NCc1sc2ccccc2c1Cl. The summed E-state index contributed by atoms with van der Waals surface area (Å²) in [6, 6.07) is 8.30. The number of thiophene rings is 1. The summed E-state index contributed by atoms with van der Waals surface area (Å²) in [5, 5.41) is 14.4. The summed E-state index contributed by atoms with van der Waals surface area (Å²) in [4.78, 5) is 1.14. The van der Waals surface area contributed by atoms with E-state index >= 15 is 0 Å². The monoisotopic (exact) mass is 269 g/mol. The highest BCUT2D eigenvalue weighted by atomic mass is 35.5. The molecule has 0 spiro atoms. The number of halogens is 1. The molecule has 4 heteroatoms. The van der Waals surface area contributed by atoms with Crippen LogP contribution in [0.4, 0.5) is 0 Å². The molecular formula is C13H16ClNOS. The number of aliphatic hydroxyl groups excluding tert-OH is 1. The average molecular weight is 270 g/mol. The number of rotatable bonds is 5. The largest absolute Gasteiger partial charge is 0.395 e. The maximum absolute atomic E-state index is 9.12. The van der Waals surface area contributed by atoms with E-state index in [0.717, 1.165) is 28.3 Å². The van der Waals surface area contributed by atoms with Gasteiger partial charge >= 0.3 is 0 Å². The molecule has 0 aliphatic carbocycles. The lowest BCUT2D eigenvalue weighted by Crippen LogP contribution is -2.30. The molecule has 1 aromatic heterocycles. The quantitative estimate of drug-likeness (QED) is 0.872. The van der Waals surface area contributed by atoms with E-state index < -0.39 is 0 Å². The van der Waals surface area contributed by atoms with Crippen molar-refractivity contribution in [3.63, 3.8) is 0 Å². The van der Waals surface area contributed by atoms with Gasteiger partial charge in [-0.3, -0.25) is 0 Å². The second kappa shape index (κ2) is 5.83. The van der Waals surface area contributed by atoms with Crippen LogP contribution in [0.5, 0.6) is 0 Å². The maximum Gasteiger partial charge on any atom is 0.0636 e. The van der Waals surface area contributed by atoms with Crippen LogP contribution >= 0.6 is 22.9 Å². The third-order valence-corrected chi connectivity index (χ3v) is 4.58. The molecule has 0 saturated carbocycles. The molecule has 2 aromatic rings. The van der Waals surface area contributed by atoms with E-state index in [0.29, 0.717) is 0 Å². The fourth-order valence-corrected chi connectivity index (χ4v) is 3.20. The number of fused-ring (bicyclic) bond motifs is 1. The van der Waals surface area contributed by atoms with Crippen LogP contribution in [0, 0.1) is 0 Å². The molecule has 92 valence electrons. The maximum atomic E-state index is 9.12. The Hall–Kier alpha value is -0.610. The van der Waals surface area contributed by atoms with Gasteiger partial charge in [-0.1, -0.05) is 36.7 Å². The van der Waals surface area contributed by atoms with Crippen molar-refractivity contribution in [2.24, 2.45) is 0 Å². The minimum absolute atomic E-state index is 0.149. The Balaban J connectivity index is 2.16. The van der Waals surface area contributed by atoms with Crippen molar-refractivity contribution < 1.29 is 5.11 Å². The predicted molar refractivity (Wildman–Crippen MR) is 74.8 cm³/mol. The molecule has 0 saturated heterocycles. The molecule has 0 aliphatic rings. The first kappa shape index (κ1) is 12.8. The van der Waals surface area contributed by atoms with Gasteiger partial charge in [0, 0.05) is 27.5 Å².